The van der Waals surface area contributed by atoms with Crippen molar-refractivity contribution in [2.75, 3.05) is 14.2 Å². The standard InChI is InChI=1S/C18H23N3O.HI/c1-19-18(20-12-15-8-4-3-5-9-15)21-13-16-10-6-7-11-17(16)14-22-2;/h3-11H,12-14H2,1-2H3,(H2,19,20,21);1H. The fourth-order valence-corrected chi connectivity index (χ4v) is 2.21. The van der Waals surface area contributed by atoms with E-state index in [4.69, 9.17) is 4.74 Å². The second kappa shape index (κ2) is 11.0. The molecule has 0 aliphatic rings. The van der Waals surface area contributed by atoms with Crippen LogP contribution in [0.3, 0.4) is 0 Å². The summed E-state index contributed by atoms with van der Waals surface area (Å²) in [5.74, 6) is 0.788. The highest BCUT2D eigenvalue weighted by Gasteiger charge is 2.03. The lowest BCUT2D eigenvalue weighted by atomic mass is 10.1. The third-order valence-electron chi connectivity index (χ3n) is 3.39. The molecular formula is C18H24IN3O. The van der Waals surface area contributed by atoms with Crippen molar-refractivity contribution in [1.29, 1.82) is 0 Å². The van der Waals surface area contributed by atoms with E-state index in [-0.39, 0.29) is 24.0 Å². The fourth-order valence-electron chi connectivity index (χ4n) is 2.21. The van der Waals surface area contributed by atoms with Gasteiger partial charge < -0.3 is 15.4 Å². The molecule has 0 saturated carbocycles. The van der Waals surface area contributed by atoms with E-state index in [1.807, 2.05) is 30.3 Å². The molecule has 2 aromatic rings. The number of hydrogen-bond donors (Lipinski definition) is 2. The molecule has 0 unspecified atom stereocenters. The molecule has 2 rings (SSSR count). The number of benzene rings is 2. The molecule has 0 aliphatic carbocycles. The maximum Gasteiger partial charge on any atom is 0.191 e. The summed E-state index contributed by atoms with van der Waals surface area (Å²) < 4.78 is 5.23. The van der Waals surface area contributed by atoms with Crippen LogP contribution in [-0.2, 0) is 24.4 Å². The van der Waals surface area contributed by atoms with Crippen LogP contribution in [0.2, 0.25) is 0 Å². The monoisotopic (exact) mass is 425 g/mol. The lowest BCUT2D eigenvalue weighted by Crippen LogP contribution is -2.36. The van der Waals surface area contributed by atoms with Gasteiger partial charge >= 0.3 is 0 Å². The van der Waals surface area contributed by atoms with Gasteiger partial charge in [-0.25, -0.2) is 0 Å². The predicted molar refractivity (Wildman–Crippen MR) is 106 cm³/mol. The maximum atomic E-state index is 5.23. The fraction of sp³-hybridized carbons (Fsp3) is 0.278. The minimum absolute atomic E-state index is 0. The van der Waals surface area contributed by atoms with Gasteiger partial charge in [-0.2, -0.15) is 0 Å². The molecule has 23 heavy (non-hydrogen) atoms. The van der Waals surface area contributed by atoms with Crippen molar-refractivity contribution in [3.05, 3.63) is 71.3 Å². The van der Waals surface area contributed by atoms with E-state index in [1.54, 1.807) is 14.2 Å². The molecule has 5 heteroatoms. The van der Waals surface area contributed by atoms with Crippen LogP contribution in [0, 0.1) is 0 Å². The molecule has 0 amide bonds. The summed E-state index contributed by atoms with van der Waals surface area (Å²) in [6.07, 6.45) is 0. The summed E-state index contributed by atoms with van der Waals surface area (Å²) >= 11 is 0. The summed E-state index contributed by atoms with van der Waals surface area (Å²) in [6, 6.07) is 18.5. The van der Waals surface area contributed by atoms with Crippen LogP contribution in [0.4, 0.5) is 0 Å². The number of guanidine groups is 1. The quantitative estimate of drug-likeness (QED) is 0.424. The van der Waals surface area contributed by atoms with Gasteiger partial charge in [0, 0.05) is 27.2 Å². The van der Waals surface area contributed by atoms with Crippen molar-refractivity contribution in [3.63, 3.8) is 0 Å². The largest absolute Gasteiger partial charge is 0.380 e. The van der Waals surface area contributed by atoms with Crippen LogP contribution in [-0.4, -0.2) is 20.1 Å². The average molecular weight is 425 g/mol. The van der Waals surface area contributed by atoms with E-state index < -0.39 is 0 Å². The Labute approximate surface area is 155 Å². The average Bonchev–Trinajstić information content (AvgIpc) is 2.57. The van der Waals surface area contributed by atoms with E-state index in [0.29, 0.717) is 13.2 Å². The molecule has 0 saturated heterocycles. The van der Waals surface area contributed by atoms with E-state index in [0.717, 1.165) is 12.5 Å². The van der Waals surface area contributed by atoms with Crippen molar-refractivity contribution in [1.82, 2.24) is 10.6 Å². The molecule has 2 aromatic carbocycles. The summed E-state index contributed by atoms with van der Waals surface area (Å²) in [5.41, 5.74) is 3.63. The number of nitrogens with one attached hydrogen (secondary N) is 2. The van der Waals surface area contributed by atoms with E-state index >= 15 is 0 Å². The first-order chi connectivity index (χ1) is 10.8. The smallest absolute Gasteiger partial charge is 0.191 e. The number of hydrogen-bond acceptors (Lipinski definition) is 2. The number of methoxy groups -OCH3 is 1. The van der Waals surface area contributed by atoms with E-state index in [9.17, 15) is 0 Å². The van der Waals surface area contributed by atoms with Gasteiger partial charge in [-0.15, -0.1) is 24.0 Å². The first-order valence-electron chi connectivity index (χ1n) is 7.37. The van der Waals surface area contributed by atoms with E-state index in [2.05, 4.69) is 39.9 Å². The van der Waals surface area contributed by atoms with Gasteiger partial charge in [0.2, 0.25) is 0 Å². The zero-order valence-corrected chi connectivity index (χ0v) is 15.9. The van der Waals surface area contributed by atoms with Crippen LogP contribution in [0.5, 0.6) is 0 Å². The lowest BCUT2D eigenvalue weighted by Gasteiger charge is -2.14. The Hall–Kier alpha value is -1.60. The van der Waals surface area contributed by atoms with Gasteiger partial charge in [-0.3, -0.25) is 4.99 Å². The second-order valence-corrected chi connectivity index (χ2v) is 4.97. The molecule has 0 fully saturated rings. The highest BCUT2D eigenvalue weighted by molar-refractivity contribution is 14.0. The minimum Gasteiger partial charge on any atom is -0.380 e. The van der Waals surface area contributed by atoms with Crippen molar-refractivity contribution < 1.29 is 4.74 Å². The maximum absolute atomic E-state index is 5.23. The molecule has 0 atom stereocenters. The van der Waals surface area contributed by atoms with Crippen LogP contribution in [0.15, 0.2) is 59.6 Å². The van der Waals surface area contributed by atoms with Gasteiger partial charge in [-0.1, -0.05) is 54.6 Å². The van der Waals surface area contributed by atoms with Gasteiger partial charge in [0.25, 0.3) is 0 Å². The van der Waals surface area contributed by atoms with Gasteiger partial charge in [0.1, 0.15) is 0 Å². The zero-order valence-electron chi connectivity index (χ0n) is 13.6. The lowest BCUT2D eigenvalue weighted by molar-refractivity contribution is 0.184. The first-order valence-corrected chi connectivity index (χ1v) is 7.37. The number of aliphatic imine (C=N–C) groups is 1. The molecule has 124 valence electrons. The van der Waals surface area contributed by atoms with Crippen molar-refractivity contribution >= 4 is 29.9 Å². The molecule has 0 spiro atoms. The van der Waals surface area contributed by atoms with E-state index in [1.165, 1.54) is 16.7 Å². The Morgan fingerprint density at radius 3 is 2.17 bits per heavy atom. The normalized spacial score (nSPS) is 10.8. The van der Waals surface area contributed by atoms with Gasteiger partial charge in [0.05, 0.1) is 6.61 Å². The van der Waals surface area contributed by atoms with Gasteiger partial charge in [0.15, 0.2) is 5.96 Å². The SMILES string of the molecule is CN=C(NCc1ccccc1)NCc1ccccc1COC.I. The Bertz CT molecular complexity index is 602. The van der Waals surface area contributed by atoms with Crippen molar-refractivity contribution in [3.8, 4) is 0 Å². The number of nitrogens with zero attached hydrogens (tertiary/aromatic N) is 1. The number of ether oxygens (including phenoxy) is 1. The molecule has 0 bridgehead atoms. The second-order valence-electron chi connectivity index (χ2n) is 4.97. The van der Waals surface area contributed by atoms with Crippen LogP contribution >= 0.6 is 24.0 Å². The number of rotatable bonds is 6. The van der Waals surface area contributed by atoms with Crippen LogP contribution in [0.25, 0.3) is 0 Å². The first kappa shape index (κ1) is 19.4. The Kier molecular flexibility index (Phi) is 9.31. The highest BCUT2D eigenvalue weighted by atomic mass is 127. The van der Waals surface area contributed by atoms with Crippen LogP contribution in [0.1, 0.15) is 16.7 Å². The molecule has 2 N–H and O–H groups in total. The Morgan fingerprint density at radius 1 is 0.913 bits per heavy atom. The minimum atomic E-state index is 0. The topological polar surface area (TPSA) is 45.7 Å². The summed E-state index contributed by atoms with van der Waals surface area (Å²) in [5, 5.41) is 6.65. The zero-order chi connectivity index (χ0) is 15.6. The molecular weight excluding hydrogens is 401 g/mol. The predicted octanol–water partition coefficient (Wildman–Crippen LogP) is 3.32. The third kappa shape index (κ3) is 6.58. The molecule has 4 nitrogen and oxygen atoms in total. The molecule has 0 heterocycles. The molecule has 0 radical (unpaired) electrons. The van der Waals surface area contributed by atoms with Gasteiger partial charge in [-0.05, 0) is 16.7 Å². The summed E-state index contributed by atoms with van der Waals surface area (Å²) in [7, 11) is 3.49. The Morgan fingerprint density at radius 2 is 1.52 bits per heavy atom. The van der Waals surface area contributed by atoms with Crippen molar-refractivity contribution in [2.45, 2.75) is 19.7 Å². The summed E-state index contributed by atoms with van der Waals surface area (Å²) in [4.78, 5) is 4.26. The van der Waals surface area contributed by atoms with Crippen molar-refractivity contribution in [2.24, 2.45) is 4.99 Å². The summed E-state index contributed by atoms with van der Waals surface area (Å²) in [6.45, 7) is 2.09. The molecule has 0 aromatic heterocycles. The highest BCUT2D eigenvalue weighted by Crippen LogP contribution is 2.09. The number of halogens is 1. The third-order valence-corrected chi connectivity index (χ3v) is 3.39. The Balaban J connectivity index is 0.00000264. The molecule has 0 aliphatic heterocycles. The van der Waals surface area contributed by atoms with Crippen LogP contribution < -0.4 is 10.6 Å².